The lowest BCUT2D eigenvalue weighted by Gasteiger charge is -2.30. The van der Waals surface area contributed by atoms with Gasteiger partial charge < -0.3 is 10.2 Å². The molecule has 2 aromatic rings. The molecule has 1 saturated heterocycles. The highest BCUT2D eigenvalue weighted by atomic mass is 19.1. The quantitative estimate of drug-likeness (QED) is 0.917. The Morgan fingerprint density at radius 1 is 1.23 bits per heavy atom. The van der Waals surface area contributed by atoms with E-state index in [0.29, 0.717) is 17.0 Å². The minimum atomic E-state index is -0.435. The molecule has 2 heterocycles. The number of halogens is 1. The van der Waals surface area contributed by atoms with Gasteiger partial charge in [0.2, 0.25) is 0 Å². The van der Waals surface area contributed by atoms with E-state index < -0.39 is 5.91 Å². The van der Waals surface area contributed by atoms with Crippen LogP contribution >= 0.6 is 0 Å². The first-order valence-corrected chi connectivity index (χ1v) is 8.81. The number of carbonyl (C=O) groups excluding carboxylic acids is 2. The van der Waals surface area contributed by atoms with Crippen molar-refractivity contribution < 1.29 is 14.0 Å². The number of piperidine rings is 1. The minimum absolute atomic E-state index is 0.0649. The van der Waals surface area contributed by atoms with Crippen molar-refractivity contribution in [2.24, 2.45) is 5.92 Å². The fraction of sp³-hybridized carbons (Fsp3) is 0.350. The molecule has 3 rings (SSSR count). The van der Waals surface area contributed by atoms with Crippen molar-refractivity contribution in [3.8, 4) is 0 Å². The Balaban J connectivity index is 1.65. The van der Waals surface area contributed by atoms with Crippen LogP contribution < -0.4 is 5.32 Å². The Hall–Kier alpha value is -2.76. The van der Waals surface area contributed by atoms with E-state index in [-0.39, 0.29) is 24.0 Å². The summed E-state index contributed by atoms with van der Waals surface area (Å²) in [6.45, 7) is 3.72. The van der Waals surface area contributed by atoms with Crippen LogP contribution in [0.25, 0.3) is 0 Å². The van der Waals surface area contributed by atoms with Crippen molar-refractivity contribution in [2.75, 3.05) is 13.1 Å². The van der Waals surface area contributed by atoms with E-state index in [4.69, 9.17) is 0 Å². The van der Waals surface area contributed by atoms with Crippen LogP contribution in [0.1, 0.15) is 46.2 Å². The van der Waals surface area contributed by atoms with E-state index in [1.54, 1.807) is 24.3 Å². The highest BCUT2D eigenvalue weighted by Gasteiger charge is 2.22. The smallest absolute Gasteiger partial charge is 0.270 e. The van der Waals surface area contributed by atoms with Crippen LogP contribution in [0.15, 0.2) is 42.6 Å². The Kier molecular flexibility index (Phi) is 5.61. The first-order valence-electron chi connectivity index (χ1n) is 8.81. The van der Waals surface area contributed by atoms with E-state index in [1.807, 2.05) is 4.90 Å². The van der Waals surface area contributed by atoms with E-state index in [2.05, 4.69) is 17.2 Å². The molecule has 6 heteroatoms. The number of pyridine rings is 1. The molecular weight excluding hydrogens is 333 g/mol. The van der Waals surface area contributed by atoms with Gasteiger partial charge in [-0.05, 0) is 37.0 Å². The summed E-state index contributed by atoms with van der Waals surface area (Å²) in [7, 11) is 0. The predicted molar refractivity (Wildman–Crippen MR) is 96.1 cm³/mol. The second kappa shape index (κ2) is 8.08. The summed E-state index contributed by atoms with van der Waals surface area (Å²) in [6.07, 6.45) is 3.44. The van der Waals surface area contributed by atoms with Gasteiger partial charge in [-0.2, -0.15) is 0 Å². The van der Waals surface area contributed by atoms with Crippen molar-refractivity contribution >= 4 is 11.8 Å². The SMILES string of the molecule is CC1CCN(C(=O)c2ccnc(C(=O)NCc3ccccc3F)c2)CC1. The van der Waals surface area contributed by atoms with Gasteiger partial charge in [-0.1, -0.05) is 25.1 Å². The van der Waals surface area contributed by atoms with Crippen molar-refractivity contribution in [2.45, 2.75) is 26.3 Å². The van der Waals surface area contributed by atoms with Crippen molar-refractivity contribution in [3.05, 3.63) is 65.2 Å². The van der Waals surface area contributed by atoms with Crippen LogP contribution in [-0.4, -0.2) is 34.8 Å². The normalized spacial score (nSPS) is 14.9. The molecule has 0 saturated carbocycles. The Labute approximate surface area is 152 Å². The number of hydrogen-bond donors (Lipinski definition) is 1. The third kappa shape index (κ3) is 4.25. The van der Waals surface area contributed by atoms with Gasteiger partial charge in [-0.25, -0.2) is 4.39 Å². The average molecular weight is 355 g/mol. The molecule has 0 atom stereocenters. The van der Waals surface area contributed by atoms with Gasteiger partial charge in [0, 0.05) is 37.0 Å². The van der Waals surface area contributed by atoms with Crippen molar-refractivity contribution in [1.29, 1.82) is 0 Å². The summed E-state index contributed by atoms with van der Waals surface area (Å²) in [5.74, 6) is -0.252. The molecule has 2 amide bonds. The maximum atomic E-state index is 13.6. The second-order valence-corrected chi connectivity index (χ2v) is 6.68. The van der Waals surface area contributed by atoms with E-state index in [0.717, 1.165) is 25.9 Å². The van der Waals surface area contributed by atoms with Crippen LogP contribution in [0.4, 0.5) is 4.39 Å². The first-order chi connectivity index (χ1) is 12.5. The minimum Gasteiger partial charge on any atom is -0.347 e. The first kappa shape index (κ1) is 18.0. The summed E-state index contributed by atoms with van der Waals surface area (Å²) in [5.41, 5.74) is 0.999. The molecule has 0 radical (unpaired) electrons. The van der Waals surface area contributed by atoms with Gasteiger partial charge in [-0.15, -0.1) is 0 Å². The van der Waals surface area contributed by atoms with Gasteiger partial charge in [0.25, 0.3) is 11.8 Å². The van der Waals surface area contributed by atoms with Gasteiger partial charge in [0.15, 0.2) is 0 Å². The Morgan fingerprint density at radius 2 is 1.96 bits per heavy atom. The molecule has 1 aliphatic heterocycles. The largest absolute Gasteiger partial charge is 0.347 e. The number of benzene rings is 1. The molecule has 26 heavy (non-hydrogen) atoms. The molecule has 1 aromatic carbocycles. The zero-order chi connectivity index (χ0) is 18.5. The lowest BCUT2D eigenvalue weighted by atomic mass is 9.98. The second-order valence-electron chi connectivity index (χ2n) is 6.68. The van der Waals surface area contributed by atoms with Gasteiger partial charge in [-0.3, -0.25) is 14.6 Å². The van der Waals surface area contributed by atoms with Crippen LogP contribution in [-0.2, 0) is 6.54 Å². The topological polar surface area (TPSA) is 62.3 Å². The molecule has 5 nitrogen and oxygen atoms in total. The number of nitrogens with one attached hydrogen (secondary N) is 1. The summed E-state index contributed by atoms with van der Waals surface area (Å²) in [4.78, 5) is 30.8. The summed E-state index contributed by atoms with van der Waals surface area (Å²) < 4.78 is 13.6. The summed E-state index contributed by atoms with van der Waals surface area (Å²) in [5, 5.41) is 2.64. The Morgan fingerprint density at radius 3 is 2.69 bits per heavy atom. The summed E-state index contributed by atoms with van der Waals surface area (Å²) in [6, 6.07) is 9.38. The fourth-order valence-electron chi connectivity index (χ4n) is 2.99. The zero-order valence-corrected chi connectivity index (χ0v) is 14.7. The number of hydrogen-bond acceptors (Lipinski definition) is 3. The molecule has 1 aliphatic rings. The number of amides is 2. The zero-order valence-electron chi connectivity index (χ0n) is 14.7. The molecule has 0 aliphatic carbocycles. The van der Waals surface area contributed by atoms with Gasteiger partial charge >= 0.3 is 0 Å². The predicted octanol–water partition coefficient (Wildman–Crippen LogP) is 3.02. The van der Waals surface area contributed by atoms with Gasteiger partial charge in [0.05, 0.1) is 0 Å². The lowest BCUT2D eigenvalue weighted by Crippen LogP contribution is -2.38. The molecular formula is C20H22FN3O2. The van der Waals surface area contributed by atoms with E-state index in [9.17, 15) is 14.0 Å². The molecule has 1 N–H and O–H groups in total. The molecule has 0 spiro atoms. The van der Waals surface area contributed by atoms with Crippen LogP contribution in [0.5, 0.6) is 0 Å². The Bertz CT molecular complexity index is 801. The van der Waals surface area contributed by atoms with Crippen LogP contribution in [0.2, 0.25) is 0 Å². The number of carbonyl (C=O) groups is 2. The monoisotopic (exact) mass is 355 g/mol. The number of aromatic nitrogens is 1. The maximum absolute atomic E-state index is 13.6. The lowest BCUT2D eigenvalue weighted by molar-refractivity contribution is 0.0697. The number of rotatable bonds is 4. The highest BCUT2D eigenvalue weighted by molar-refractivity contribution is 5.98. The maximum Gasteiger partial charge on any atom is 0.270 e. The standard InChI is InChI=1S/C20H22FN3O2/c1-14-7-10-24(11-8-14)20(26)15-6-9-22-18(12-15)19(25)23-13-16-4-2-3-5-17(16)21/h2-6,9,12,14H,7-8,10-11,13H2,1H3,(H,23,25). The van der Waals surface area contributed by atoms with Crippen LogP contribution in [0, 0.1) is 11.7 Å². The van der Waals surface area contributed by atoms with Gasteiger partial charge in [0.1, 0.15) is 11.5 Å². The number of likely N-dealkylation sites (tertiary alicyclic amines) is 1. The molecule has 0 bridgehead atoms. The third-order valence-electron chi connectivity index (χ3n) is 4.71. The molecule has 136 valence electrons. The highest BCUT2D eigenvalue weighted by Crippen LogP contribution is 2.18. The third-order valence-corrected chi connectivity index (χ3v) is 4.71. The summed E-state index contributed by atoms with van der Waals surface area (Å²) >= 11 is 0. The number of nitrogens with zero attached hydrogens (tertiary/aromatic N) is 2. The molecule has 1 aromatic heterocycles. The fourth-order valence-corrected chi connectivity index (χ4v) is 2.99. The van der Waals surface area contributed by atoms with Crippen molar-refractivity contribution in [1.82, 2.24) is 15.2 Å². The van der Waals surface area contributed by atoms with E-state index in [1.165, 1.54) is 18.3 Å². The molecule has 0 unspecified atom stereocenters. The average Bonchev–Trinajstić information content (AvgIpc) is 2.67. The van der Waals surface area contributed by atoms with Crippen molar-refractivity contribution in [3.63, 3.8) is 0 Å². The molecule has 1 fully saturated rings. The van der Waals surface area contributed by atoms with E-state index >= 15 is 0 Å². The van der Waals surface area contributed by atoms with Crippen LogP contribution in [0.3, 0.4) is 0 Å².